The quantitative estimate of drug-likeness (QED) is 0.753. The maximum Gasteiger partial charge on any atom is 0.254 e. The van der Waals surface area contributed by atoms with Crippen LogP contribution in [0.15, 0.2) is 39.6 Å². The van der Waals surface area contributed by atoms with E-state index < -0.39 is 10.0 Å². The number of sulfonamides is 1. The van der Waals surface area contributed by atoms with E-state index in [4.69, 9.17) is 16.0 Å². The SMILES string of the molecule is Cc1ccc(CN(C)C(=O)c2ccc(Cl)c(S(=O)(=O)N3CCCCC3)c2)o1. The minimum absolute atomic E-state index is 0.0147. The van der Waals surface area contributed by atoms with Crippen molar-refractivity contribution in [2.24, 2.45) is 0 Å². The largest absolute Gasteiger partial charge is 0.464 e. The molecule has 0 aliphatic carbocycles. The number of piperidine rings is 1. The molecule has 2 aromatic rings. The van der Waals surface area contributed by atoms with Crippen molar-refractivity contribution in [3.63, 3.8) is 0 Å². The van der Waals surface area contributed by atoms with Gasteiger partial charge in [-0.25, -0.2) is 8.42 Å². The number of carbonyl (C=O) groups is 1. The number of hydrogen-bond acceptors (Lipinski definition) is 4. The Bertz CT molecular complexity index is 933. The van der Waals surface area contributed by atoms with Gasteiger partial charge >= 0.3 is 0 Å². The van der Waals surface area contributed by atoms with Gasteiger partial charge in [0.05, 0.1) is 11.6 Å². The predicted octanol–water partition coefficient (Wildman–Crippen LogP) is 3.69. The maximum absolute atomic E-state index is 12.9. The molecule has 1 amide bonds. The van der Waals surface area contributed by atoms with Gasteiger partial charge in [-0.1, -0.05) is 18.0 Å². The molecule has 6 nitrogen and oxygen atoms in total. The molecule has 8 heteroatoms. The van der Waals surface area contributed by atoms with Crippen LogP contribution < -0.4 is 0 Å². The molecular weight excluding hydrogens is 388 g/mol. The van der Waals surface area contributed by atoms with Crippen LogP contribution >= 0.6 is 11.6 Å². The lowest BCUT2D eigenvalue weighted by Gasteiger charge is -2.26. The smallest absolute Gasteiger partial charge is 0.254 e. The van der Waals surface area contributed by atoms with E-state index in [1.807, 2.05) is 19.1 Å². The van der Waals surface area contributed by atoms with Crippen molar-refractivity contribution in [1.29, 1.82) is 0 Å². The number of rotatable bonds is 5. The highest BCUT2D eigenvalue weighted by atomic mass is 35.5. The van der Waals surface area contributed by atoms with E-state index >= 15 is 0 Å². The number of furan rings is 1. The molecule has 1 aromatic heterocycles. The molecule has 146 valence electrons. The number of benzene rings is 1. The second-order valence-electron chi connectivity index (χ2n) is 6.78. The summed E-state index contributed by atoms with van der Waals surface area (Å²) in [7, 11) is -2.07. The summed E-state index contributed by atoms with van der Waals surface area (Å²) in [4.78, 5) is 14.2. The topological polar surface area (TPSA) is 70.8 Å². The van der Waals surface area contributed by atoms with Crippen molar-refractivity contribution in [2.45, 2.75) is 37.6 Å². The lowest BCUT2D eigenvalue weighted by Crippen LogP contribution is -2.36. The Morgan fingerprint density at radius 2 is 1.89 bits per heavy atom. The molecule has 1 aromatic carbocycles. The van der Waals surface area contributed by atoms with Crippen molar-refractivity contribution in [3.05, 3.63) is 52.4 Å². The number of halogens is 1. The van der Waals surface area contributed by atoms with E-state index in [-0.39, 0.29) is 21.4 Å². The highest BCUT2D eigenvalue weighted by molar-refractivity contribution is 7.89. The van der Waals surface area contributed by atoms with Crippen molar-refractivity contribution in [2.75, 3.05) is 20.1 Å². The van der Waals surface area contributed by atoms with Gasteiger partial charge in [-0.3, -0.25) is 4.79 Å². The van der Waals surface area contributed by atoms with Crippen molar-refractivity contribution < 1.29 is 17.6 Å². The highest BCUT2D eigenvalue weighted by Gasteiger charge is 2.29. The molecule has 0 atom stereocenters. The Hall–Kier alpha value is -1.83. The molecule has 1 saturated heterocycles. The molecule has 3 rings (SSSR count). The zero-order chi connectivity index (χ0) is 19.6. The zero-order valence-electron chi connectivity index (χ0n) is 15.4. The average Bonchev–Trinajstić information content (AvgIpc) is 3.06. The summed E-state index contributed by atoms with van der Waals surface area (Å²) in [5.41, 5.74) is 0.278. The first-order chi connectivity index (χ1) is 12.8. The third-order valence-electron chi connectivity index (χ3n) is 4.65. The summed E-state index contributed by atoms with van der Waals surface area (Å²) in [5, 5.41) is 0.126. The molecule has 1 aliphatic rings. The Morgan fingerprint density at radius 3 is 2.52 bits per heavy atom. The molecule has 0 unspecified atom stereocenters. The minimum Gasteiger partial charge on any atom is -0.464 e. The van der Waals surface area contributed by atoms with Crippen molar-refractivity contribution in [1.82, 2.24) is 9.21 Å². The normalized spacial score (nSPS) is 15.7. The van der Waals surface area contributed by atoms with Crippen LogP contribution in [-0.2, 0) is 16.6 Å². The molecule has 0 N–H and O–H groups in total. The lowest BCUT2D eigenvalue weighted by molar-refractivity contribution is 0.0774. The minimum atomic E-state index is -3.72. The zero-order valence-corrected chi connectivity index (χ0v) is 17.0. The van der Waals surface area contributed by atoms with Crippen molar-refractivity contribution in [3.8, 4) is 0 Å². The fraction of sp³-hybridized carbons (Fsp3) is 0.421. The van der Waals surface area contributed by atoms with Gasteiger partial charge in [-0.2, -0.15) is 4.31 Å². The first-order valence-corrected chi connectivity index (χ1v) is 10.7. The average molecular weight is 411 g/mol. The number of amides is 1. The van der Waals surface area contributed by atoms with Gasteiger partial charge < -0.3 is 9.32 Å². The molecule has 1 aliphatic heterocycles. The van der Waals surface area contributed by atoms with Crippen LogP contribution in [0.3, 0.4) is 0 Å². The van der Waals surface area contributed by atoms with Gasteiger partial charge in [0.25, 0.3) is 5.91 Å². The Morgan fingerprint density at radius 1 is 1.19 bits per heavy atom. The summed E-state index contributed by atoms with van der Waals surface area (Å²) in [5.74, 6) is 1.14. The Labute approximate surface area is 164 Å². The van der Waals surface area contributed by atoms with Crippen LogP contribution in [-0.4, -0.2) is 43.7 Å². The fourth-order valence-electron chi connectivity index (χ4n) is 3.17. The van der Waals surface area contributed by atoms with Gasteiger partial charge in [0.1, 0.15) is 16.4 Å². The molecular formula is C19H23ClN2O4S. The van der Waals surface area contributed by atoms with E-state index in [2.05, 4.69) is 0 Å². The van der Waals surface area contributed by atoms with E-state index in [1.54, 1.807) is 13.1 Å². The molecule has 0 saturated carbocycles. The predicted molar refractivity (Wildman–Crippen MR) is 103 cm³/mol. The standard InChI is InChI=1S/C19H23ClN2O4S/c1-14-6-8-16(26-14)13-21(2)19(23)15-7-9-17(20)18(12-15)27(24,25)22-10-4-3-5-11-22/h6-9,12H,3-5,10-11,13H2,1-2H3. The third kappa shape index (κ3) is 4.36. The van der Waals surface area contributed by atoms with Crippen LogP contribution in [0.25, 0.3) is 0 Å². The first kappa shape index (κ1) is 19.9. The highest BCUT2D eigenvalue weighted by Crippen LogP contribution is 2.28. The number of hydrogen-bond donors (Lipinski definition) is 0. The molecule has 0 spiro atoms. The Balaban J connectivity index is 1.84. The summed E-state index contributed by atoms with van der Waals surface area (Å²) in [6.07, 6.45) is 2.69. The van der Waals surface area contributed by atoms with Crippen LogP contribution in [0.5, 0.6) is 0 Å². The number of nitrogens with zero attached hydrogens (tertiary/aromatic N) is 2. The third-order valence-corrected chi connectivity index (χ3v) is 7.03. The first-order valence-electron chi connectivity index (χ1n) is 8.89. The second-order valence-corrected chi connectivity index (χ2v) is 9.10. The van der Waals surface area contributed by atoms with Gasteiger partial charge in [-0.15, -0.1) is 0 Å². The maximum atomic E-state index is 12.9. The van der Waals surface area contributed by atoms with E-state index in [1.165, 1.54) is 21.3 Å². The number of aryl methyl sites for hydroxylation is 1. The van der Waals surface area contributed by atoms with E-state index in [0.29, 0.717) is 25.4 Å². The number of carbonyl (C=O) groups excluding carboxylic acids is 1. The molecule has 0 radical (unpaired) electrons. The van der Waals surface area contributed by atoms with Gasteiger partial charge in [0, 0.05) is 25.7 Å². The molecule has 0 bridgehead atoms. The van der Waals surface area contributed by atoms with Gasteiger partial charge in [0.15, 0.2) is 0 Å². The summed E-state index contributed by atoms with van der Waals surface area (Å²) < 4.78 is 32.8. The lowest BCUT2D eigenvalue weighted by atomic mass is 10.2. The fourth-order valence-corrected chi connectivity index (χ4v) is 5.19. The monoisotopic (exact) mass is 410 g/mol. The van der Waals surface area contributed by atoms with E-state index in [0.717, 1.165) is 25.0 Å². The summed E-state index contributed by atoms with van der Waals surface area (Å²) in [6, 6.07) is 8.03. The van der Waals surface area contributed by atoms with Crippen LogP contribution in [0.4, 0.5) is 0 Å². The second kappa shape index (κ2) is 8.04. The van der Waals surface area contributed by atoms with Crippen molar-refractivity contribution >= 4 is 27.5 Å². The van der Waals surface area contributed by atoms with Crippen LogP contribution in [0, 0.1) is 6.92 Å². The summed E-state index contributed by atoms with van der Waals surface area (Å²) in [6.45, 7) is 3.09. The summed E-state index contributed by atoms with van der Waals surface area (Å²) >= 11 is 6.17. The molecule has 1 fully saturated rings. The molecule has 27 heavy (non-hydrogen) atoms. The van der Waals surface area contributed by atoms with Crippen LogP contribution in [0.2, 0.25) is 5.02 Å². The van der Waals surface area contributed by atoms with Crippen LogP contribution in [0.1, 0.15) is 41.1 Å². The van der Waals surface area contributed by atoms with E-state index in [9.17, 15) is 13.2 Å². The van der Waals surface area contributed by atoms with Gasteiger partial charge in [0.2, 0.25) is 10.0 Å². The Kier molecular flexibility index (Phi) is 5.93. The molecule has 2 heterocycles. The van der Waals surface area contributed by atoms with Gasteiger partial charge in [-0.05, 0) is 50.1 Å².